The Hall–Kier alpha value is -3.59. The van der Waals surface area contributed by atoms with E-state index >= 15 is 0 Å². The van der Waals surface area contributed by atoms with E-state index in [-0.39, 0.29) is 11.0 Å². The van der Waals surface area contributed by atoms with E-state index in [1.807, 2.05) is 0 Å². The Morgan fingerprint density at radius 3 is 1.46 bits per heavy atom. The number of fused-ring (bicyclic) bond motifs is 6. The summed E-state index contributed by atoms with van der Waals surface area (Å²) < 4.78 is 3.69. The average Bonchev–Trinajstić information content (AvgIpc) is 2.96. The molecule has 39 heavy (non-hydrogen) atoms. The van der Waals surface area contributed by atoms with Crippen LogP contribution in [-0.2, 0) is 0 Å². The van der Waals surface area contributed by atoms with Crippen LogP contribution in [0.15, 0.2) is 120 Å². The van der Waals surface area contributed by atoms with E-state index in [2.05, 4.69) is 155 Å². The van der Waals surface area contributed by atoms with Crippen LogP contribution in [0.25, 0.3) is 54.6 Å². The predicted octanol–water partition coefficient (Wildman–Crippen LogP) is 10.9. The zero-order chi connectivity index (χ0) is 27.2. The van der Waals surface area contributed by atoms with Gasteiger partial charge >= 0.3 is 0 Å². The summed E-state index contributed by atoms with van der Waals surface area (Å²) in [5, 5.41) is 7.85. The molecule has 0 aliphatic carbocycles. The van der Waals surface area contributed by atoms with E-state index in [0.29, 0.717) is 0 Å². The van der Waals surface area contributed by atoms with Gasteiger partial charge in [0.25, 0.3) is 0 Å². The first-order valence-electron chi connectivity index (χ1n) is 13.7. The maximum absolute atomic E-state index is 3.69. The average molecular weight is 526 g/mol. The van der Waals surface area contributed by atoms with E-state index in [4.69, 9.17) is 0 Å². The second kappa shape index (κ2) is 9.86. The third-order valence-electron chi connectivity index (χ3n) is 8.41. The Balaban J connectivity index is 1.38. The van der Waals surface area contributed by atoms with Gasteiger partial charge in [-0.05, 0) is 110 Å². The molecule has 0 amide bonds. The predicted molar refractivity (Wildman–Crippen MR) is 172 cm³/mol. The molecule has 194 valence electrons. The zero-order valence-electron chi connectivity index (χ0n) is 23.4. The smallest absolute Gasteiger partial charge is 0.0278 e. The van der Waals surface area contributed by atoms with Crippen LogP contribution < -0.4 is 4.72 Å². The van der Waals surface area contributed by atoms with Gasteiger partial charge in [-0.25, -0.2) is 0 Å². The van der Waals surface area contributed by atoms with E-state index in [9.17, 15) is 0 Å². The lowest BCUT2D eigenvalue weighted by molar-refractivity contribution is 0.213. The SMILES string of the molecule is CC(C)(C)C(C)(C)NSc1cccc(-c2cccc(-c3ccc4c5ccccc5c5ccccc5c4c3)c2)c1. The summed E-state index contributed by atoms with van der Waals surface area (Å²) in [6.45, 7) is 11.4. The molecule has 0 aromatic heterocycles. The fourth-order valence-electron chi connectivity index (χ4n) is 5.04. The normalized spacial score (nSPS) is 12.4. The Morgan fingerprint density at radius 2 is 0.897 bits per heavy atom. The molecule has 0 radical (unpaired) electrons. The number of nitrogens with one attached hydrogen (secondary N) is 1. The van der Waals surface area contributed by atoms with E-state index in [0.717, 1.165) is 0 Å². The standard InChI is InChI=1S/C37H35NS/c1-36(2,3)37(4,5)38-39-29-15-11-14-27(23-29)25-12-10-13-26(22-25)28-20-21-34-32-18-7-6-16-30(32)31-17-8-9-19-33(31)35(34)24-28/h6-24,38H,1-5H3. The molecule has 6 aromatic rings. The van der Waals surface area contributed by atoms with Crippen molar-refractivity contribution in [3.63, 3.8) is 0 Å². The lowest BCUT2D eigenvalue weighted by Gasteiger charge is -2.39. The molecule has 0 saturated heterocycles. The van der Waals surface area contributed by atoms with Crippen molar-refractivity contribution in [1.29, 1.82) is 0 Å². The summed E-state index contributed by atoms with van der Waals surface area (Å²) in [5.41, 5.74) is 5.09. The molecule has 0 bridgehead atoms. The second-order valence-corrected chi connectivity index (χ2v) is 12.9. The van der Waals surface area contributed by atoms with Crippen LogP contribution in [0.2, 0.25) is 0 Å². The fourth-order valence-corrected chi connectivity index (χ4v) is 6.06. The highest BCUT2D eigenvalue weighted by Crippen LogP contribution is 2.38. The molecule has 6 rings (SSSR count). The van der Waals surface area contributed by atoms with Crippen LogP contribution in [-0.4, -0.2) is 5.54 Å². The van der Waals surface area contributed by atoms with E-state index < -0.39 is 0 Å². The third-order valence-corrected chi connectivity index (χ3v) is 9.51. The minimum absolute atomic E-state index is 0.000825. The molecule has 2 heteroatoms. The Kier molecular flexibility index (Phi) is 6.49. The third kappa shape index (κ3) is 4.84. The molecule has 0 aliphatic rings. The minimum Gasteiger partial charge on any atom is -0.254 e. The summed E-state index contributed by atoms with van der Waals surface area (Å²) in [6, 6.07) is 42.2. The van der Waals surface area contributed by atoms with Gasteiger partial charge in [-0.3, -0.25) is 4.72 Å². The van der Waals surface area contributed by atoms with Gasteiger partial charge in [-0.2, -0.15) is 0 Å². The van der Waals surface area contributed by atoms with Gasteiger partial charge in [0.05, 0.1) is 0 Å². The van der Waals surface area contributed by atoms with Gasteiger partial charge in [0, 0.05) is 10.4 Å². The summed E-state index contributed by atoms with van der Waals surface area (Å²) in [4.78, 5) is 1.22. The topological polar surface area (TPSA) is 12.0 Å². The first kappa shape index (κ1) is 25.7. The number of benzene rings is 6. The van der Waals surface area contributed by atoms with E-state index in [1.54, 1.807) is 11.9 Å². The van der Waals surface area contributed by atoms with Crippen LogP contribution in [0, 0.1) is 5.41 Å². The highest BCUT2D eigenvalue weighted by Gasteiger charge is 2.32. The molecule has 6 aromatic carbocycles. The first-order chi connectivity index (χ1) is 18.7. The molecule has 0 spiro atoms. The monoisotopic (exact) mass is 525 g/mol. The maximum Gasteiger partial charge on any atom is 0.0278 e. The van der Waals surface area contributed by atoms with Crippen molar-refractivity contribution in [3.8, 4) is 22.3 Å². The van der Waals surface area contributed by atoms with Crippen LogP contribution >= 0.6 is 11.9 Å². The van der Waals surface area contributed by atoms with E-state index in [1.165, 1.54) is 59.5 Å². The maximum atomic E-state index is 3.69. The first-order valence-corrected chi connectivity index (χ1v) is 14.5. The lowest BCUT2D eigenvalue weighted by Crippen LogP contribution is -2.46. The molecule has 0 atom stereocenters. The van der Waals surface area contributed by atoms with Crippen molar-refractivity contribution < 1.29 is 0 Å². The molecule has 0 fully saturated rings. The van der Waals surface area contributed by atoms with Crippen molar-refractivity contribution >= 4 is 44.3 Å². The van der Waals surface area contributed by atoms with Gasteiger partial charge in [0.2, 0.25) is 0 Å². The molecule has 0 aliphatic heterocycles. The summed E-state index contributed by atoms with van der Waals surface area (Å²) in [6.07, 6.45) is 0. The second-order valence-electron chi connectivity index (χ2n) is 12.0. The van der Waals surface area contributed by atoms with Gasteiger partial charge < -0.3 is 0 Å². The van der Waals surface area contributed by atoms with Gasteiger partial charge in [-0.1, -0.05) is 112 Å². The highest BCUT2D eigenvalue weighted by atomic mass is 32.2. The van der Waals surface area contributed by atoms with Gasteiger partial charge in [0.15, 0.2) is 0 Å². The molecular formula is C37H35NS. The minimum atomic E-state index is -0.000825. The largest absolute Gasteiger partial charge is 0.254 e. The molecule has 0 heterocycles. The number of hydrogen-bond donors (Lipinski definition) is 1. The number of hydrogen-bond acceptors (Lipinski definition) is 2. The van der Waals surface area contributed by atoms with Crippen LogP contribution in [0.3, 0.4) is 0 Å². The van der Waals surface area contributed by atoms with Crippen molar-refractivity contribution in [1.82, 2.24) is 4.72 Å². The summed E-state index contributed by atoms with van der Waals surface area (Å²) in [7, 11) is 0. The molecule has 0 saturated carbocycles. The van der Waals surface area contributed by atoms with Crippen molar-refractivity contribution in [3.05, 3.63) is 115 Å². The van der Waals surface area contributed by atoms with Crippen LogP contribution in [0.5, 0.6) is 0 Å². The quantitative estimate of drug-likeness (QED) is 0.177. The highest BCUT2D eigenvalue weighted by molar-refractivity contribution is 7.97. The van der Waals surface area contributed by atoms with Crippen LogP contribution in [0.4, 0.5) is 0 Å². The Labute approximate surface area is 236 Å². The fraction of sp³-hybridized carbons (Fsp3) is 0.189. The van der Waals surface area contributed by atoms with Crippen molar-refractivity contribution in [2.24, 2.45) is 5.41 Å². The summed E-state index contributed by atoms with van der Waals surface area (Å²) in [5.74, 6) is 0. The van der Waals surface area contributed by atoms with Gasteiger partial charge in [0.1, 0.15) is 0 Å². The molecule has 1 nitrogen and oxygen atoms in total. The Bertz CT molecular complexity index is 1790. The van der Waals surface area contributed by atoms with Gasteiger partial charge in [-0.15, -0.1) is 0 Å². The van der Waals surface area contributed by atoms with Crippen LogP contribution in [0.1, 0.15) is 34.6 Å². The zero-order valence-corrected chi connectivity index (χ0v) is 24.2. The molecule has 1 N–H and O–H groups in total. The number of rotatable bonds is 5. The molecule has 0 unspecified atom stereocenters. The van der Waals surface area contributed by atoms with Crippen molar-refractivity contribution in [2.75, 3.05) is 0 Å². The lowest BCUT2D eigenvalue weighted by atomic mass is 9.77. The summed E-state index contributed by atoms with van der Waals surface area (Å²) >= 11 is 1.72. The van der Waals surface area contributed by atoms with Crippen molar-refractivity contribution in [2.45, 2.75) is 45.1 Å². The molecular weight excluding hydrogens is 490 g/mol. The Morgan fingerprint density at radius 1 is 0.436 bits per heavy atom.